The van der Waals surface area contributed by atoms with Crippen LogP contribution < -0.4 is 5.69 Å². The number of nitrogens with one attached hydrogen (secondary N) is 2. The zero-order chi connectivity index (χ0) is 21.8. The van der Waals surface area contributed by atoms with Gasteiger partial charge in [0.15, 0.2) is 0 Å². The minimum absolute atomic E-state index is 0.00643. The van der Waals surface area contributed by atoms with Crippen LogP contribution in [-0.2, 0) is 11.2 Å². The molecule has 0 spiro atoms. The predicted molar refractivity (Wildman–Crippen MR) is 119 cm³/mol. The van der Waals surface area contributed by atoms with Crippen molar-refractivity contribution in [3.05, 3.63) is 76.3 Å². The van der Waals surface area contributed by atoms with E-state index in [0.29, 0.717) is 26.1 Å². The average molecular weight is 438 g/mol. The summed E-state index contributed by atoms with van der Waals surface area (Å²) in [6.07, 6.45) is 2.20. The van der Waals surface area contributed by atoms with Gasteiger partial charge in [0.2, 0.25) is 11.7 Å². The third-order valence-corrected chi connectivity index (χ3v) is 6.24. The Kier molecular flexibility index (Phi) is 6.13. The molecule has 8 nitrogen and oxygen atoms in total. The monoisotopic (exact) mass is 437 g/mol. The van der Waals surface area contributed by atoms with Gasteiger partial charge in [0.05, 0.1) is 5.92 Å². The lowest BCUT2D eigenvalue weighted by Crippen LogP contribution is -2.38. The van der Waals surface area contributed by atoms with Gasteiger partial charge in [-0.05, 0) is 29.0 Å². The maximum atomic E-state index is 13.2. The van der Waals surface area contributed by atoms with E-state index in [9.17, 15) is 14.4 Å². The van der Waals surface area contributed by atoms with Crippen molar-refractivity contribution in [1.29, 1.82) is 0 Å². The number of amides is 2. The highest BCUT2D eigenvalue weighted by Crippen LogP contribution is 2.26. The fourth-order valence-corrected chi connectivity index (χ4v) is 4.51. The number of H-pyrrole nitrogens is 2. The van der Waals surface area contributed by atoms with Crippen LogP contribution in [0.15, 0.2) is 59.2 Å². The fourth-order valence-electron chi connectivity index (χ4n) is 3.77. The molecule has 0 unspecified atom stereocenters. The van der Waals surface area contributed by atoms with Gasteiger partial charge in [-0.25, -0.2) is 9.89 Å². The Bertz CT molecular complexity index is 1120. The molecule has 0 aliphatic carbocycles. The summed E-state index contributed by atoms with van der Waals surface area (Å²) in [5.41, 5.74) is 1.63. The molecular formula is C22H23N5O3S. The number of hydrogen-bond donors (Lipinski definition) is 2. The third-order valence-electron chi connectivity index (χ3n) is 5.32. The second kappa shape index (κ2) is 9.13. The summed E-state index contributed by atoms with van der Waals surface area (Å²) in [6.45, 7) is 5.19. The maximum Gasteiger partial charge on any atom is 0.341 e. The van der Waals surface area contributed by atoms with E-state index in [1.807, 2.05) is 23.6 Å². The lowest BCUT2D eigenvalue weighted by molar-refractivity contribution is -0.134. The highest BCUT2D eigenvalue weighted by molar-refractivity contribution is 7.13. The van der Waals surface area contributed by atoms with Crippen LogP contribution in [0.25, 0.3) is 10.4 Å². The number of rotatable bonds is 6. The Hall–Kier alpha value is -3.46. The molecule has 31 heavy (non-hydrogen) atoms. The molecule has 1 saturated heterocycles. The smallest absolute Gasteiger partial charge is 0.337 e. The number of carbonyl (C=O) groups excluding carboxylic acids is 2. The van der Waals surface area contributed by atoms with Gasteiger partial charge in [0.25, 0.3) is 5.91 Å². The Morgan fingerprint density at radius 3 is 2.68 bits per heavy atom. The fraction of sp³-hybridized carbons (Fsp3) is 0.273. The number of nitrogens with zero attached hydrogens (tertiary/aromatic N) is 3. The Morgan fingerprint density at radius 1 is 1.23 bits per heavy atom. The summed E-state index contributed by atoms with van der Waals surface area (Å²) in [4.78, 5) is 44.2. The van der Waals surface area contributed by atoms with E-state index in [4.69, 9.17) is 0 Å². The van der Waals surface area contributed by atoms with Crippen molar-refractivity contribution in [3.63, 3.8) is 0 Å². The number of hydrogen-bond acceptors (Lipinski definition) is 5. The van der Waals surface area contributed by atoms with Gasteiger partial charge in [-0.3, -0.25) is 14.6 Å². The largest absolute Gasteiger partial charge is 0.341 e. The minimum Gasteiger partial charge on any atom is -0.337 e. The molecule has 0 bridgehead atoms. The Labute approximate surface area is 183 Å². The molecular weight excluding hydrogens is 414 g/mol. The molecule has 0 radical (unpaired) electrons. The van der Waals surface area contributed by atoms with Crippen LogP contribution in [0, 0.1) is 5.92 Å². The highest BCUT2D eigenvalue weighted by atomic mass is 32.1. The normalized spacial score (nSPS) is 16.9. The van der Waals surface area contributed by atoms with Gasteiger partial charge in [0.1, 0.15) is 0 Å². The van der Waals surface area contributed by atoms with E-state index in [2.05, 4.69) is 40.0 Å². The highest BCUT2D eigenvalue weighted by Gasteiger charge is 2.33. The summed E-state index contributed by atoms with van der Waals surface area (Å²) in [5, 5.41) is 7.99. The summed E-state index contributed by atoms with van der Waals surface area (Å²) >= 11 is 1.68. The van der Waals surface area contributed by atoms with Crippen LogP contribution in [0.1, 0.15) is 16.2 Å². The predicted octanol–water partition coefficient (Wildman–Crippen LogP) is 2.16. The third kappa shape index (κ3) is 4.66. The molecule has 2 aromatic heterocycles. The standard InChI is InChI=1S/C22H23N5O3S/c1-2-9-26-10-11-27(21(29)19-23-22(30)25-24-19)14-17(20(26)28)13-15-5-7-16(8-6-15)18-4-3-12-31-18/h2-8,12,17H,1,9-11,13-14H2,(H2,23,24,25,30)/t17-/m0/s1. The molecule has 1 aliphatic heterocycles. The van der Waals surface area contributed by atoms with Crippen molar-refractivity contribution in [1.82, 2.24) is 25.0 Å². The number of aromatic amines is 2. The van der Waals surface area contributed by atoms with E-state index in [1.54, 1.807) is 27.2 Å². The van der Waals surface area contributed by atoms with Crippen LogP contribution in [-0.4, -0.2) is 63.0 Å². The van der Waals surface area contributed by atoms with Gasteiger partial charge >= 0.3 is 5.69 Å². The first kappa shape index (κ1) is 20.8. The van der Waals surface area contributed by atoms with E-state index in [1.165, 1.54) is 4.88 Å². The van der Waals surface area contributed by atoms with E-state index >= 15 is 0 Å². The van der Waals surface area contributed by atoms with Crippen LogP contribution in [0.4, 0.5) is 0 Å². The molecule has 1 atom stereocenters. The SMILES string of the molecule is C=CCN1CCN(C(=O)c2n[nH]c(=O)[nH]2)C[C@H](Cc2ccc(-c3cccs3)cc2)C1=O. The quantitative estimate of drug-likeness (QED) is 0.577. The molecule has 2 N–H and O–H groups in total. The number of benzene rings is 1. The van der Waals surface area contributed by atoms with Crippen LogP contribution in [0.2, 0.25) is 0 Å². The van der Waals surface area contributed by atoms with Gasteiger partial charge in [-0.15, -0.1) is 23.0 Å². The van der Waals surface area contributed by atoms with Crippen molar-refractivity contribution >= 4 is 23.2 Å². The maximum absolute atomic E-state index is 13.2. The van der Waals surface area contributed by atoms with Crippen LogP contribution in [0.5, 0.6) is 0 Å². The zero-order valence-corrected chi connectivity index (χ0v) is 17.7. The van der Waals surface area contributed by atoms with Gasteiger partial charge in [-0.2, -0.15) is 0 Å². The molecule has 2 amide bonds. The molecule has 1 aliphatic rings. The topological polar surface area (TPSA) is 102 Å². The van der Waals surface area contributed by atoms with Crippen molar-refractivity contribution in [2.24, 2.45) is 5.92 Å². The average Bonchev–Trinajstić information content (AvgIpc) is 3.44. The van der Waals surface area contributed by atoms with Crippen LogP contribution >= 0.6 is 11.3 Å². The lowest BCUT2D eigenvalue weighted by atomic mass is 9.96. The molecule has 0 saturated carbocycles. The zero-order valence-electron chi connectivity index (χ0n) is 16.9. The van der Waals surface area contributed by atoms with E-state index in [-0.39, 0.29) is 18.3 Å². The first-order valence-electron chi connectivity index (χ1n) is 10.0. The van der Waals surface area contributed by atoms with Gasteiger partial charge < -0.3 is 9.80 Å². The minimum atomic E-state index is -0.537. The Morgan fingerprint density at radius 2 is 2.03 bits per heavy atom. The molecule has 160 valence electrons. The molecule has 4 rings (SSSR count). The first-order valence-corrected chi connectivity index (χ1v) is 10.9. The number of thiophene rings is 1. The summed E-state index contributed by atoms with van der Waals surface area (Å²) < 4.78 is 0. The number of aromatic nitrogens is 3. The Balaban J connectivity index is 1.55. The van der Waals surface area contributed by atoms with Crippen molar-refractivity contribution in [3.8, 4) is 10.4 Å². The van der Waals surface area contributed by atoms with Gasteiger partial charge in [-0.1, -0.05) is 36.4 Å². The summed E-state index contributed by atoms with van der Waals surface area (Å²) in [7, 11) is 0. The molecule has 3 heterocycles. The molecule has 1 aromatic carbocycles. The van der Waals surface area contributed by atoms with Crippen molar-refractivity contribution < 1.29 is 9.59 Å². The number of carbonyl (C=O) groups is 2. The summed E-state index contributed by atoms with van der Waals surface area (Å²) in [5.74, 6) is -0.851. The first-order chi connectivity index (χ1) is 15.0. The lowest BCUT2D eigenvalue weighted by Gasteiger charge is -2.23. The van der Waals surface area contributed by atoms with Gasteiger partial charge in [0, 0.05) is 31.1 Å². The molecule has 9 heteroatoms. The van der Waals surface area contributed by atoms with E-state index < -0.39 is 17.5 Å². The molecule has 3 aromatic rings. The van der Waals surface area contributed by atoms with Crippen molar-refractivity contribution in [2.45, 2.75) is 6.42 Å². The summed E-state index contributed by atoms with van der Waals surface area (Å²) in [6, 6.07) is 12.3. The van der Waals surface area contributed by atoms with E-state index in [0.717, 1.165) is 11.1 Å². The van der Waals surface area contributed by atoms with Crippen LogP contribution in [0.3, 0.4) is 0 Å². The second-order valence-electron chi connectivity index (χ2n) is 7.43. The van der Waals surface area contributed by atoms with Crippen molar-refractivity contribution in [2.75, 3.05) is 26.2 Å². The second-order valence-corrected chi connectivity index (χ2v) is 8.37. The molecule has 1 fully saturated rings.